The summed E-state index contributed by atoms with van der Waals surface area (Å²) in [6.07, 6.45) is -1.71. The fraction of sp³-hybridized carbons (Fsp3) is 0.0833. The molecule has 0 radical (unpaired) electrons. The van der Waals surface area contributed by atoms with Gasteiger partial charge in [-0.1, -0.05) is 59.8 Å². The van der Waals surface area contributed by atoms with Crippen molar-refractivity contribution in [2.75, 3.05) is 4.31 Å². The lowest BCUT2D eigenvalue weighted by Gasteiger charge is -2.20. The van der Waals surface area contributed by atoms with Gasteiger partial charge in [0.2, 0.25) is 0 Å². The minimum Gasteiger partial charge on any atom is -0.464 e. The molecule has 0 saturated heterocycles. The molecule has 1 aromatic heterocycles. The molecule has 0 spiro atoms. The van der Waals surface area contributed by atoms with Crippen LogP contribution in [0.4, 0.5) is 10.5 Å². The van der Waals surface area contributed by atoms with Gasteiger partial charge in [-0.2, -0.15) is 4.31 Å². The van der Waals surface area contributed by atoms with Crippen molar-refractivity contribution in [3.63, 3.8) is 0 Å². The lowest BCUT2D eigenvalue weighted by Crippen LogP contribution is -2.35. The number of aromatic nitrogens is 1. The Morgan fingerprint density at radius 1 is 1.03 bits per heavy atom. The van der Waals surface area contributed by atoms with Crippen LogP contribution >= 0.6 is 0 Å². The van der Waals surface area contributed by atoms with Gasteiger partial charge in [-0.15, -0.1) is 10.1 Å². The van der Waals surface area contributed by atoms with Gasteiger partial charge >= 0.3 is 6.09 Å². The maximum atomic E-state index is 13.2. The normalized spacial score (nSPS) is 11.1. The van der Waals surface area contributed by atoms with Crippen LogP contribution in [-0.4, -0.2) is 29.9 Å². The highest BCUT2D eigenvalue weighted by atomic mass is 32.2. The first-order valence-electron chi connectivity index (χ1n) is 10.4. The minimum atomic E-state index is -4.49. The van der Waals surface area contributed by atoms with Crippen molar-refractivity contribution in [1.82, 2.24) is 5.16 Å². The zero-order valence-corrected chi connectivity index (χ0v) is 19.6. The van der Waals surface area contributed by atoms with Crippen molar-refractivity contribution in [3.05, 3.63) is 100 Å². The van der Waals surface area contributed by atoms with Gasteiger partial charge < -0.3 is 14.5 Å². The van der Waals surface area contributed by atoms with Crippen LogP contribution in [0.25, 0.3) is 22.4 Å². The van der Waals surface area contributed by atoms with E-state index in [4.69, 9.17) is 4.52 Å². The highest BCUT2D eigenvalue weighted by molar-refractivity contribution is 7.93. The van der Waals surface area contributed by atoms with Gasteiger partial charge in [-0.25, -0.2) is 13.2 Å². The van der Waals surface area contributed by atoms with Crippen LogP contribution in [0.5, 0.6) is 0 Å². The zero-order chi connectivity index (χ0) is 25.9. The monoisotopic (exact) mass is 509 g/mol. The maximum absolute atomic E-state index is 13.2. The third-order valence-corrected chi connectivity index (χ3v) is 6.99. The fourth-order valence-electron chi connectivity index (χ4n) is 3.61. The molecule has 0 saturated carbocycles. The smallest absolute Gasteiger partial charge is 0.426 e. The van der Waals surface area contributed by atoms with Crippen molar-refractivity contribution in [3.8, 4) is 22.4 Å². The third kappa shape index (κ3) is 4.88. The summed E-state index contributed by atoms with van der Waals surface area (Å²) < 4.78 is 32.1. The van der Waals surface area contributed by atoms with Crippen LogP contribution < -0.4 is 4.31 Å². The summed E-state index contributed by atoms with van der Waals surface area (Å²) in [4.78, 5) is 26.3. The third-order valence-electron chi connectivity index (χ3n) is 5.27. The zero-order valence-electron chi connectivity index (χ0n) is 18.8. The Balaban J connectivity index is 1.65. The molecule has 1 N–H and O–H groups in total. The molecule has 11 nitrogen and oxygen atoms in total. The van der Waals surface area contributed by atoms with E-state index < -0.39 is 21.2 Å². The topological polar surface area (TPSA) is 153 Å². The van der Waals surface area contributed by atoms with Gasteiger partial charge in [-0.05, 0) is 42.3 Å². The van der Waals surface area contributed by atoms with E-state index in [0.29, 0.717) is 28.1 Å². The number of aryl methyl sites for hydroxylation is 1. The molecule has 12 heteroatoms. The summed E-state index contributed by atoms with van der Waals surface area (Å²) in [5.41, 5.74) is 2.96. The standard InChI is InChI=1S/C24H19N3O8S/c1-16-22(23(25-35-16)19-5-3-2-4-6-19)18-9-13-21(14-10-18)36(32,33)26(24(28)29)20-11-7-17(8-12-20)15-34-27(30)31/h2-14H,15H2,1H3,(H,28,29). The molecule has 0 fully saturated rings. The van der Waals surface area contributed by atoms with Gasteiger partial charge in [0.1, 0.15) is 18.1 Å². The Labute approximate surface area is 205 Å². The lowest BCUT2D eigenvalue weighted by molar-refractivity contribution is -0.763. The highest BCUT2D eigenvalue weighted by Crippen LogP contribution is 2.35. The van der Waals surface area contributed by atoms with Crippen LogP contribution in [0.3, 0.4) is 0 Å². The SMILES string of the molecule is Cc1onc(-c2ccccc2)c1-c1ccc(S(=O)(=O)N(C(=O)O)c2ccc(CO[N+](=O)[O-])cc2)cc1. The Hall–Kier alpha value is -4.71. The second-order valence-corrected chi connectivity index (χ2v) is 9.35. The molecule has 0 aliphatic carbocycles. The number of hydrogen-bond acceptors (Lipinski definition) is 8. The summed E-state index contributed by atoms with van der Waals surface area (Å²) in [5.74, 6) is 0.540. The summed E-state index contributed by atoms with van der Waals surface area (Å²) in [5, 5.41) is 23.2. The lowest BCUT2D eigenvalue weighted by atomic mass is 10.00. The van der Waals surface area contributed by atoms with E-state index in [1.54, 1.807) is 19.1 Å². The highest BCUT2D eigenvalue weighted by Gasteiger charge is 2.31. The van der Waals surface area contributed by atoms with Crippen molar-refractivity contribution in [1.29, 1.82) is 0 Å². The Bertz CT molecular complexity index is 1500. The van der Waals surface area contributed by atoms with E-state index in [1.807, 2.05) is 30.3 Å². The first-order chi connectivity index (χ1) is 17.2. The molecule has 0 aliphatic rings. The number of benzene rings is 3. The number of sulfonamides is 1. The van der Waals surface area contributed by atoms with Crippen LogP contribution in [0.1, 0.15) is 11.3 Å². The Kier molecular flexibility index (Phi) is 6.70. The molecule has 184 valence electrons. The second-order valence-electron chi connectivity index (χ2n) is 7.57. The van der Waals surface area contributed by atoms with E-state index in [-0.39, 0.29) is 21.5 Å². The molecule has 0 bridgehead atoms. The first kappa shape index (κ1) is 24.4. The van der Waals surface area contributed by atoms with Crippen LogP contribution in [0, 0.1) is 17.0 Å². The van der Waals surface area contributed by atoms with Crippen LogP contribution in [-0.2, 0) is 21.5 Å². The van der Waals surface area contributed by atoms with E-state index in [2.05, 4.69) is 9.99 Å². The van der Waals surface area contributed by atoms with Crippen LogP contribution in [0.15, 0.2) is 88.3 Å². The quantitative estimate of drug-likeness (QED) is 0.258. The summed E-state index contributed by atoms with van der Waals surface area (Å²) in [7, 11) is -4.49. The maximum Gasteiger partial charge on any atom is 0.426 e. The predicted molar refractivity (Wildman–Crippen MR) is 128 cm³/mol. The van der Waals surface area contributed by atoms with E-state index in [0.717, 1.165) is 5.56 Å². The number of hydrogen-bond donors (Lipinski definition) is 1. The molecular weight excluding hydrogens is 490 g/mol. The molecule has 1 amide bonds. The minimum absolute atomic E-state index is 0.155. The second kappa shape index (κ2) is 9.88. The number of nitrogens with zero attached hydrogens (tertiary/aromatic N) is 3. The molecule has 3 aromatic carbocycles. The predicted octanol–water partition coefficient (Wildman–Crippen LogP) is 4.90. The largest absolute Gasteiger partial charge is 0.464 e. The molecule has 0 aliphatic heterocycles. The fourth-order valence-corrected chi connectivity index (χ4v) is 4.91. The van der Waals surface area contributed by atoms with Crippen molar-refractivity contribution in [2.24, 2.45) is 0 Å². The molecule has 4 aromatic rings. The van der Waals surface area contributed by atoms with E-state index in [1.165, 1.54) is 36.4 Å². The van der Waals surface area contributed by atoms with Gasteiger partial charge in [0, 0.05) is 5.56 Å². The average molecular weight is 509 g/mol. The number of anilines is 1. The number of carboxylic acid groups (broad SMARTS) is 1. The summed E-state index contributed by atoms with van der Waals surface area (Å²) >= 11 is 0. The molecule has 36 heavy (non-hydrogen) atoms. The van der Waals surface area contributed by atoms with Crippen molar-refractivity contribution in [2.45, 2.75) is 18.4 Å². The van der Waals surface area contributed by atoms with Crippen molar-refractivity contribution >= 4 is 21.8 Å². The van der Waals surface area contributed by atoms with Gasteiger partial charge in [-0.3, -0.25) is 0 Å². The number of amides is 1. The van der Waals surface area contributed by atoms with Gasteiger partial charge in [0.25, 0.3) is 15.1 Å². The molecular formula is C24H19N3O8S. The molecule has 1 heterocycles. The Morgan fingerprint density at radius 2 is 1.67 bits per heavy atom. The number of carbonyl (C=O) groups is 1. The van der Waals surface area contributed by atoms with Gasteiger partial charge in [0.05, 0.1) is 16.1 Å². The first-order valence-corrected chi connectivity index (χ1v) is 11.9. The van der Waals surface area contributed by atoms with E-state index >= 15 is 0 Å². The Morgan fingerprint density at radius 3 is 2.25 bits per heavy atom. The van der Waals surface area contributed by atoms with E-state index in [9.17, 15) is 28.4 Å². The molecule has 4 rings (SSSR count). The summed E-state index contributed by atoms with van der Waals surface area (Å²) in [6, 6.07) is 20.2. The molecule has 0 atom stereocenters. The van der Waals surface area contributed by atoms with Crippen LogP contribution in [0.2, 0.25) is 0 Å². The number of rotatable bonds is 8. The van der Waals surface area contributed by atoms with Gasteiger partial charge in [0.15, 0.2) is 0 Å². The average Bonchev–Trinajstić information content (AvgIpc) is 3.25. The van der Waals surface area contributed by atoms with Crippen molar-refractivity contribution < 1.29 is 32.8 Å². The molecule has 0 unspecified atom stereocenters. The summed E-state index contributed by atoms with van der Waals surface area (Å²) in [6.45, 7) is 1.38.